The number of rotatable bonds is 4. The zero-order valence-corrected chi connectivity index (χ0v) is 15.2. The van der Waals surface area contributed by atoms with Crippen LogP contribution in [-0.2, 0) is 6.42 Å². The summed E-state index contributed by atoms with van der Waals surface area (Å²) in [6.45, 7) is 1.39. The predicted octanol–water partition coefficient (Wildman–Crippen LogP) is 1.72. The molecule has 1 heterocycles. The molecule has 7 heteroatoms. The van der Waals surface area contributed by atoms with Crippen LogP contribution in [0.3, 0.4) is 0 Å². The molecule has 0 aliphatic carbocycles. The first-order valence-corrected chi connectivity index (χ1v) is 8.84. The van der Waals surface area contributed by atoms with Gasteiger partial charge in [-0.25, -0.2) is 0 Å². The molecule has 0 bridgehead atoms. The summed E-state index contributed by atoms with van der Waals surface area (Å²) in [5, 5.41) is 19.4. The molecule has 3 rings (SSSR count). The second-order valence-electron chi connectivity index (χ2n) is 6.62. The molecule has 0 aromatic heterocycles. The Labute approximate surface area is 157 Å². The first-order chi connectivity index (χ1) is 12.9. The van der Waals surface area contributed by atoms with Gasteiger partial charge in [0, 0.05) is 44.0 Å². The van der Waals surface area contributed by atoms with Crippen LogP contribution in [0, 0.1) is 0 Å². The average molecular weight is 369 g/mol. The molecule has 2 aromatic carbocycles. The van der Waals surface area contributed by atoms with E-state index in [1.54, 1.807) is 29.0 Å². The SMILES string of the molecule is CN(CCN)C(=O)c1ccc2c(c1)CCCN2C(=O)c1ccc(O)cc1O. The van der Waals surface area contributed by atoms with Crippen molar-refractivity contribution in [3.63, 3.8) is 0 Å². The van der Waals surface area contributed by atoms with Crippen LogP contribution in [0.1, 0.15) is 32.7 Å². The van der Waals surface area contributed by atoms with Crippen molar-refractivity contribution in [3.8, 4) is 11.5 Å². The Morgan fingerprint density at radius 2 is 1.96 bits per heavy atom. The summed E-state index contributed by atoms with van der Waals surface area (Å²) < 4.78 is 0. The second-order valence-corrected chi connectivity index (χ2v) is 6.62. The third kappa shape index (κ3) is 3.73. The van der Waals surface area contributed by atoms with Gasteiger partial charge in [-0.1, -0.05) is 0 Å². The van der Waals surface area contributed by atoms with Gasteiger partial charge in [-0.15, -0.1) is 0 Å². The van der Waals surface area contributed by atoms with Crippen molar-refractivity contribution in [1.29, 1.82) is 0 Å². The predicted molar refractivity (Wildman–Crippen MR) is 102 cm³/mol. The van der Waals surface area contributed by atoms with Crippen molar-refractivity contribution >= 4 is 17.5 Å². The van der Waals surface area contributed by atoms with Crippen molar-refractivity contribution in [2.75, 3.05) is 31.6 Å². The molecule has 0 atom stereocenters. The standard InChI is InChI=1S/C20H23N3O4/c1-22(10-8-21)19(26)14-4-7-17-13(11-14)3-2-9-23(17)20(27)16-6-5-15(24)12-18(16)25/h4-7,11-12,24-25H,2-3,8-10,21H2,1H3. The topological polar surface area (TPSA) is 107 Å². The molecule has 0 unspecified atom stereocenters. The van der Waals surface area contributed by atoms with Crippen LogP contribution < -0.4 is 10.6 Å². The molecule has 0 spiro atoms. The van der Waals surface area contributed by atoms with E-state index in [2.05, 4.69) is 0 Å². The average Bonchev–Trinajstić information content (AvgIpc) is 2.66. The van der Waals surface area contributed by atoms with E-state index in [1.807, 2.05) is 6.07 Å². The molecule has 2 amide bonds. The van der Waals surface area contributed by atoms with Crippen LogP contribution in [0.4, 0.5) is 5.69 Å². The Balaban J connectivity index is 1.90. The first kappa shape index (κ1) is 18.7. The highest BCUT2D eigenvalue weighted by Crippen LogP contribution is 2.32. The number of nitrogens with zero attached hydrogens (tertiary/aromatic N) is 2. The number of fused-ring (bicyclic) bond motifs is 1. The lowest BCUT2D eigenvalue weighted by molar-refractivity contribution is 0.0798. The molecule has 0 radical (unpaired) electrons. The first-order valence-electron chi connectivity index (χ1n) is 8.84. The second kappa shape index (κ2) is 7.67. The van der Waals surface area contributed by atoms with Crippen molar-refractivity contribution in [2.24, 2.45) is 5.73 Å². The fourth-order valence-corrected chi connectivity index (χ4v) is 3.30. The zero-order chi connectivity index (χ0) is 19.6. The minimum Gasteiger partial charge on any atom is -0.508 e. The van der Waals surface area contributed by atoms with Gasteiger partial charge in [-0.05, 0) is 48.7 Å². The summed E-state index contributed by atoms with van der Waals surface area (Å²) >= 11 is 0. The van der Waals surface area contributed by atoms with Crippen LogP contribution in [0.5, 0.6) is 11.5 Å². The number of hydrogen-bond acceptors (Lipinski definition) is 5. The highest BCUT2D eigenvalue weighted by atomic mass is 16.3. The normalized spacial score (nSPS) is 13.2. The van der Waals surface area contributed by atoms with Gasteiger partial charge in [0.1, 0.15) is 11.5 Å². The van der Waals surface area contributed by atoms with Crippen LogP contribution in [-0.4, -0.2) is 53.6 Å². The fraction of sp³-hybridized carbons (Fsp3) is 0.300. The van der Waals surface area contributed by atoms with E-state index in [1.165, 1.54) is 12.1 Å². The number of likely N-dealkylation sites (N-methyl/N-ethyl adjacent to an activating group) is 1. The van der Waals surface area contributed by atoms with E-state index in [0.717, 1.165) is 30.2 Å². The number of aryl methyl sites for hydroxylation is 1. The van der Waals surface area contributed by atoms with Gasteiger partial charge in [-0.2, -0.15) is 0 Å². The number of phenolic OH excluding ortho intramolecular Hbond substituents is 2. The quantitative estimate of drug-likeness (QED) is 0.761. The number of hydrogen-bond donors (Lipinski definition) is 3. The number of phenols is 2. The molecular weight excluding hydrogens is 346 g/mol. The van der Waals surface area contributed by atoms with Crippen LogP contribution >= 0.6 is 0 Å². The highest BCUT2D eigenvalue weighted by molar-refractivity contribution is 6.08. The summed E-state index contributed by atoms with van der Waals surface area (Å²) in [4.78, 5) is 28.5. The molecule has 1 aliphatic rings. The third-order valence-electron chi connectivity index (χ3n) is 4.71. The van der Waals surface area contributed by atoms with E-state index < -0.39 is 0 Å². The summed E-state index contributed by atoms with van der Waals surface area (Å²) in [5.41, 5.74) is 7.85. The van der Waals surface area contributed by atoms with Crippen LogP contribution in [0.2, 0.25) is 0 Å². The molecule has 142 valence electrons. The van der Waals surface area contributed by atoms with Crippen molar-refractivity contribution in [2.45, 2.75) is 12.8 Å². The third-order valence-corrected chi connectivity index (χ3v) is 4.71. The number of nitrogens with two attached hydrogens (primary N) is 1. The molecule has 0 saturated carbocycles. The number of anilines is 1. The van der Waals surface area contributed by atoms with E-state index in [4.69, 9.17) is 5.73 Å². The van der Waals surface area contributed by atoms with E-state index >= 15 is 0 Å². The maximum Gasteiger partial charge on any atom is 0.262 e. The Hall–Kier alpha value is -3.06. The van der Waals surface area contributed by atoms with Gasteiger partial charge in [0.05, 0.1) is 5.56 Å². The van der Waals surface area contributed by atoms with E-state index in [9.17, 15) is 19.8 Å². The smallest absolute Gasteiger partial charge is 0.262 e. The maximum absolute atomic E-state index is 12.9. The minimum absolute atomic E-state index is 0.104. The number of benzene rings is 2. The summed E-state index contributed by atoms with van der Waals surface area (Å²) in [6, 6.07) is 9.21. The molecule has 7 nitrogen and oxygen atoms in total. The number of aromatic hydroxyl groups is 2. The van der Waals surface area contributed by atoms with Gasteiger partial charge in [0.2, 0.25) is 0 Å². The monoisotopic (exact) mass is 369 g/mol. The molecule has 0 saturated heterocycles. The number of amides is 2. The van der Waals surface area contributed by atoms with Gasteiger partial charge in [0.15, 0.2) is 0 Å². The van der Waals surface area contributed by atoms with Crippen LogP contribution in [0.25, 0.3) is 0 Å². The Morgan fingerprint density at radius 3 is 2.67 bits per heavy atom. The largest absolute Gasteiger partial charge is 0.508 e. The van der Waals surface area contributed by atoms with Crippen molar-refractivity contribution in [1.82, 2.24) is 4.90 Å². The van der Waals surface area contributed by atoms with E-state index in [0.29, 0.717) is 25.2 Å². The number of carbonyl (C=O) groups excluding carboxylic acids is 2. The van der Waals surface area contributed by atoms with Gasteiger partial charge < -0.3 is 25.7 Å². The maximum atomic E-state index is 12.9. The van der Waals surface area contributed by atoms with Crippen molar-refractivity contribution < 1.29 is 19.8 Å². The summed E-state index contributed by atoms with van der Waals surface area (Å²) in [7, 11) is 1.71. The molecule has 0 fully saturated rings. The highest BCUT2D eigenvalue weighted by Gasteiger charge is 2.26. The molecule has 1 aliphatic heterocycles. The van der Waals surface area contributed by atoms with Gasteiger partial charge in [0.25, 0.3) is 11.8 Å². The van der Waals surface area contributed by atoms with Gasteiger partial charge in [-0.3, -0.25) is 9.59 Å². The van der Waals surface area contributed by atoms with Crippen molar-refractivity contribution in [3.05, 3.63) is 53.1 Å². The Bertz CT molecular complexity index is 882. The fourth-order valence-electron chi connectivity index (χ4n) is 3.30. The van der Waals surface area contributed by atoms with Crippen LogP contribution in [0.15, 0.2) is 36.4 Å². The lowest BCUT2D eigenvalue weighted by atomic mass is 9.97. The Kier molecular flexibility index (Phi) is 5.32. The Morgan fingerprint density at radius 1 is 1.19 bits per heavy atom. The van der Waals surface area contributed by atoms with E-state index in [-0.39, 0.29) is 28.9 Å². The lowest BCUT2D eigenvalue weighted by Gasteiger charge is -2.30. The molecule has 4 N–H and O–H groups in total. The minimum atomic E-state index is -0.340. The molecular formula is C20H23N3O4. The summed E-state index contributed by atoms with van der Waals surface area (Å²) in [6.07, 6.45) is 1.52. The molecule has 27 heavy (non-hydrogen) atoms. The van der Waals surface area contributed by atoms with Gasteiger partial charge >= 0.3 is 0 Å². The lowest BCUT2D eigenvalue weighted by Crippen LogP contribution is -2.36. The molecule has 2 aromatic rings. The zero-order valence-electron chi connectivity index (χ0n) is 15.2. The number of carbonyl (C=O) groups is 2. The summed E-state index contributed by atoms with van der Waals surface area (Å²) in [5.74, 6) is -0.814.